The summed E-state index contributed by atoms with van der Waals surface area (Å²) in [5, 5.41) is 0. The molecule has 0 saturated carbocycles. The Labute approximate surface area is 122 Å². The highest BCUT2D eigenvalue weighted by atomic mass is 32.3. The summed E-state index contributed by atoms with van der Waals surface area (Å²) in [6.45, 7) is 12.0. The van der Waals surface area contributed by atoms with Crippen LogP contribution in [0.2, 0.25) is 0 Å². The lowest BCUT2D eigenvalue weighted by atomic mass is 9.88. The van der Waals surface area contributed by atoms with E-state index in [4.69, 9.17) is 4.18 Å². The van der Waals surface area contributed by atoms with Crippen LogP contribution in [0.4, 0.5) is 0 Å². The van der Waals surface area contributed by atoms with Gasteiger partial charge >= 0.3 is 0 Å². The third kappa shape index (κ3) is 4.21. The highest BCUT2D eigenvalue weighted by Crippen LogP contribution is 2.38. The van der Waals surface area contributed by atoms with Gasteiger partial charge in [0, 0.05) is 0 Å². The van der Waals surface area contributed by atoms with Crippen molar-refractivity contribution in [2.24, 2.45) is 0 Å². The first-order valence-corrected chi connectivity index (χ1v) is 8.19. The van der Waals surface area contributed by atoms with Crippen LogP contribution in [-0.2, 0) is 10.4 Å². The van der Waals surface area contributed by atoms with E-state index in [1.165, 1.54) is 0 Å². The van der Waals surface area contributed by atoms with Crippen LogP contribution in [0.15, 0.2) is 12.1 Å². The lowest BCUT2D eigenvalue weighted by Crippen LogP contribution is -2.12. The molecule has 0 fully saturated rings. The van der Waals surface area contributed by atoms with Crippen molar-refractivity contribution in [3.05, 3.63) is 28.8 Å². The van der Waals surface area contributed by atoms with Crippen molar-refractivity contribution in [3.63, 3.8) is 0 Å². The van der Waals surface area contributed by atoms with Gasteiger partial charge in [0.2, 0.25) is 0 Å². The Morgan fingerprint density at radius 1 is 0.900 bits per heavy atom. The van der Waals surface area contributed by atoms with E-state index < -0.39 is 10.4 Å². The molecule has 20 heavy (non-hydrogen) atoms. The van der Waals surface area contributed by atoms with Gasteiger partial charge in [0.05, 0.1) is 0 Å². The summed E-state index contributed by atoms with van der Waals surface area (Å²) in [4.78, 5) is 0. The van der Waals surface area contributed by atoms with Crippen LogP contribution in [0.3, 0.4) is 0 Å². The van der Waals surface area contributed by atoms with E-state index in [9.17, 15) is 13.0 Å². The predicted octanol–water partition coefficient (Wildman–Crippen LogP) is 3.90. The van der Waals surface area contributed by atoms with Crippen molar-refractivity contribution in [2.75, 3.05) is 0 Å². The van der Waals surface area contributed by atoms with E-state index in [2.05, 4.69) is 13.8 Å². The molecule has 0 aromatic heterocycles. The largest absolute Gasteiger partial charge is 0.716 e. The Morgan fingerprint density at radius 2 is 1.30 bits per heavy atom. The molecular formula is C15H23O4S-. The maximum Gasteiger partial charge on any atom is 0.262 e. The van der Waals surface area contributed by atoms with Crippen LogP contribution >= 0.6 is 0 Å². The lowest BCUT2D eigenvalue weighted by molar-refractivity contribution is 0.368. The minimum atomic E-state index is -4.77. The second-order valence-electron chi connectivity index (χ2n) is 5.98. The van der Waals surface area contributed by atoms with Crippen molar-refractivity contribution < 1.29 is 17.2 Å². The summed E-state index contributed by atoms with van der Waals surface area (Å²) in [7, 11) is -4.77. The van der Waals surface area contributed by atoms with Crippen molar-refractivity contribution in [3.8, 4) is 5.75 Å². The maximum absolute atomic E-state index is 11.0. The Balaban J connectivity index is 3.59. The van der Waals surface area contributed by atoms with Crippen LogP contribution in [0, 0.1) is 0 Å². The third-order valence-electron chi connectivity index (χ3n) is 3.26. The van der Waals surface area contributed by atoms with Gasteiger partial charge < -0.3 is 8.74 Å². The van der Waals surface area contributed by atoms with Crippen molar-refractivity contribution in [1.29, 1.82) is 0 Å². The third-order valence-corrected chi connectivity index (χ3v) is 3.64. The maximum atomic E-state index is 11.0. The summed E-state index contributed by atoms with van der Waals surface area (Å²) in [6, 6.07) is 3.86. The smallest absolute Gasteiger partial charge is 0.262 e. The summed E-state index contributed by atoms with van der Waals surface area (Å²) < 4.78 is 37.7. The molecule has 0 aliphatic heterocycles. The van der Waals surface area contributed by atoms with Gasteiger partial charge in [-0.1, -0.05) is 53.7 Å². The van der Waals surface area contributed by atoms with Gasteiger partial charge in [-0.2, -0.15) is 0 Å². The molecule has 0 heterocycles. The van der Waals surface area contributed by atoms with Crippen LogP contribution in [0.1, 0.15) is 76.0 Å². The van der Waals surface area contributed by atoms with E-state index >= 15 is 0 Å². The SMILES string of the molecule is CC(C)c1cc(C(C)C)c(OS(=O)(=O)[O-])c(C(C)C)c1. The first-order chi connectivity index (χ1) is 9.03. The molecule has 0 amide bonds. The highest BCUT2D eigenvalue weighted by molar-refractivity contribution is 7.81. The summed E-state index contributed by atoms with van der Waals surface area (Å²) >= 11 is 0. The van der Waals surface area contributed by atoms with E-state index in [1.54, 1.807) is 0 Å². The molecule has 1 aromatic rings. The fourth-order valence-corrected chi connectivity index (χ4v) is 2.48. The van der Waals surface area contributed by atoms with Gasteiger partial charge in [0.1, 0.15) is 5.75 Å². The quantitative estimate of drug-likeness (QED) is 0.611. The molecule has 0 bridgehead atoms. The number of hydrogen-bond acceptors (Lipinski definition) is 4. The predicted molar refractivity (Wildman–Crippen MR) is 79.0 cm³/mol. The van der Waals surface area contributed by atoms with Gasteiger partial charge in [0.25, 0.3) is 10.4 Å². The second-order valence-corrected chi connectivity index (χ2v) is 6.97. The molecule has 114 valence electrons. The fourth-order valence-electron chi connectivity index (χ4n) is 2.09. The average Bonchev–Trinajstić information content (AvgIpc) is 2.25. The molecule has 1 rings (SSSR count). The van der Waals surface area contributed by atoms with E-state index in [0.29, 0.717) is 5.92 Å². The Bertz CT molecular complexity index is 543. The second kappa shape index (κ2) is 6.14. The average molecular weight is 299 g/mol. The molecule has 0 unspecified atom stereocenters. The van der Waals surface area contributed by atoms with Gasteiger partial charge in [-0.3, -0.25) is 0 Å². The van der Waals surface area contributed by atoms with Gasteiger partial charge in [0.15, 0.2) is 0 Å². The lowest BCUT2D eigenvalue weighted by Gasteiger charge is -2.23. The van der Waals surface area contributed by atoms with Gasteiger partial charge in [-0.05, 0) is 34.4 Å². The van der Waals surface area contributed by atoms with E-state index in [0.717, 1.165) is 16.7 Å². The molecular weight excluding hydrogens is 276 g/mol. The van der Waals surface area contributed by atoms with Crippen LogP contribution in [-0.4, -0.2) is 13.0 Å². The molecule has 4 nitrogen and oxygen atoms in total. The first kappa shape index (κ1) is 17.0. The van der Waals surface area contributed by atoms with Crippen LogP contribution in [0.5, 0.6) is 5.75 Å². The summed E-state index contributed by atoms with van der Waals surface area (Å²) in [5.41, 5.74) is 2.65. The Morgan fingerprint density at radius 3 is 1.55 bits per heavy atom. The summed E-state index contributed by atoms with van der Waals surface area (Å²) in [5.74, 6) is 0.670. The molecule has 5 heteroatoms. The zero-order valence-electron chi connectivity index (χ0n) is 12.9. The molecule has 1 aromatic carbocycles. The fraction of sp³-hybridized carbons (Fsp3) is 0.600. The molecule has 0 N–H and O–H groups in total. The first-order valence-electron chi connectivity index (χ1n) is 6.86. The molecule has 0 radical (unpaired) electrons. The molecule has 0 spiro atoms. The minimum Gasteiger partial charge on any atom is -0.716 e. The van der Waals surface area contributed by atoms with E-state index in [1.807, 2.05) is 39.8 Å². The van der Waals surface area contributed by atoms with Crippen molar-refractivity contribution in [2.45, 2.75) is 59.3 Å². The molecule has 0 saturated heterocycles. The molecule has 0 aliphatic carbocycles. The number of rotatable bonds is 5. The van der Waals surface area contributed by atoms with Gasteiger partial charge in [-0.25, -0.2) is 8.42 Å². The summed E-state index contributed by atoms with van der Waals surface area (Å²) in [6.07, 6.45) is 0. The van der Waals surface area contributed by atoms with Crippen molar-refractivity contribution >= 4 is 10.4 Å². The van der Waals surface area contributed by atoms with Crippen molar-refractivity contribution in [1.82, 2.24) is 0 Å². The monoisotopic (exact) mass is 299 g/mol. The zero-order chi connectivity index (χ0) is 15.7. The topological polar surface area (TPSA) is 66.4 Å². The highest BCUT2D eigenvalue weighted by Gasteiger charge is 2.20. The Hall–Kier alpha value is -1.07. The molecule has 0 aliphatic rings. The van der Waals surface area contributed by atoms with E-state index in [-0.39, 0.29) is 17.6 Å². The van der Waals surface area contributed by atoms with Gasteiger partial charge in [-0.15, -0.1) is 0 Å². The normalized spacial score (nSPS) is 12.5. The standard InChI is InChI=1S/C15H24O4S/c1-9(2)12-7-13(10(3)4)15(19-20(16,17)18)14(8-12)11(5)6/h7-11H,1-6H3,(H,16,17,18)/p-1. The zero-order valence-corrected chi connectivity index (χ0v) is 13.7. The minimum absolute atomic E-state index is 0.0722. The number of benzene rings is 1. The Kier molecular flexibility index (Phi) is 5.21. The number of hydrogen-bond donors (Lipinski definition) is 0. The van der Waals surface area contributed by atoms with Crippen LogP contribution < -0.4 is 4.18 Å². The molecule has 0 atom stereocenters. The van der Waals surface area contributed by atoms with Crippen LogP contribution in [0.25, 0.3) is 0 Å².